The predicted molar refractivity (Wildman–Crippen MR) is 143 cm³/mol. The summed E-state index contributed by atoms with van der Waals surface area (Å²) in [5.41, 5.74) is 4.12. The van der Waals surface area contributed by atoms with Crippen LogP contribution in [0.3, 0.4) is 0 Å². The van der Waals surface area contributed by atoms with E-state index in [0.29, 0.717) is 29.7 Å². The molecule has 1 aromatic heterocycles. The van der Waals surface area contributed by atoms with Gasteiger partial charge in [-0.1, -0.05) is 41.5 Å². The third kappa shape index (κ3) is 4.82. The van der Waals surface area contributed by atoms with E-state index in [1.54, 1.807) is 0 Å². The van der Waals surface area contributed by atoms with Gasteiger partial charge in [-0.2, -0.15) is 0 Å². The highest BCUT2D eigenvalue weighted by atomic mass is 28.3. The quantitative estimate of drug-likeness (QED) is 0.436. The van der Waals surface area contributed by atoms with Gasteiger partial charge in [0, 0.05) is 42.3 Å². The van der Waals surface area contributed by atoms with Crippen molar-refractivity contribution in [3.63, 3.8) is 0 Å². The molecule has 6 heteroatoms. The molecule has 0 unspecified atom stereocenters. The standard InChI is InChI=1S/C27H45N3O2Si/c1-19(2)33(20(3)4,21(5)6)30-14-13-23-17-24(11-12-25(23)30)29-16-15-28(18-22(29)7)26(31)32-27(8,9)10/h11-14,17,19-22H,15-16,18H2,1-10H3/t22-/m0/s1. The molecule has 0 bridgehead atoms. The third-order valence-corrected chi connectivity index (χ3v) is 14.3. The lowest BCUT2D eigenvalue weighted by Crippen LogP contribution is -2.54. The molecule has 0 N–H and O–H groups in total. The number of nitrogens with zero attached hydrogens (tertiary/aromatic N) is 3. The third-order valence-electron chi connectivity index (χ3n) is 7.48. The van der Waals surface area contributed by atoms with Crippen molar-refractivity contribution in [1.29, 1.82) is 0 Å². The maximum Gasteiger partial charge on any atom is 0.410 e. The number of aromatic nitrogens is 1. The first kappa shape index (κ1) is 25.7. The van der Waals surface area contributed by atoms with Crippen LogP contribution in [0.25, 0.3) is 10.9 Å². The van der Waals surface area contributed by atoms with Crippen LogP contribution < -0.4 is 4.90 Å². The minimum absolute atomic E-state index is 0.209. The minimum Gasteiger partial charge on any atom is -0.444 e. The molecule has 0 aliphatic carbocycles. The number of rotatable bonds is 5. The van der Waals surface area contributed by atoms with Crippen molar-refractivity contribution in [3.8, 4) is 0 Å². The van der Waals surface area contributed by atoms with Gasteiger partial charge in [0.25, 0.3) is 0 Å². The van der Waals surface area contributed by atoms with E-state index < -0.39 is 13.8 Å². The Hall–Kier alpha value is -1.95. The number of carbonyl (C=O) groups excluding carboxylic acids is 1. The molecule has 1 amide bonds. The van der Waals surface area contributed by atoms with Crippen LogP contribution in [0.2, 0.25) is 16.6 Å². The van der Waals surface area contributed by atoms with Gasteiger partial charge in [0.15, 0.2) is 8.24 Å². The lowest BCUT2D eigenvalue weighted by Gasteiger charge is -2.44. The SMILES string of the molecule is CC(C)[Si](C(C)C)(C(C)C)n1ccc2cc(N3CCN(C(=O)OC(C)(C)C)C[C@@H]3C)ccc21. The molecule has 184 valence electrons. The van der Waals surface area contributed by atoms with E-state index >= 15 is 0 Å². The van der Waals surface area contributed by atoms with Gasteiger partial charge in [-0.15, -0.1) is 0 Å². The van der Waals surface area contributed by atoms with E-state index in [1.165, 1.54) is 16.6 Å². The highest BCUT2D eigenvalue weighted by Gasteiger charge is 2.45. The second-order valence-corrected chi connectivity index (χ2v) is 17.5. The number of fused-ring (bicyclic) bond motifs is 1. The van der Waals surface area contributed by atoms with Crippen LogP contribution in [0.5, 0.6) is 0 Å². The summed E-state index contributed by atoms with van der Waals surface area (Å²) in [6.45, 7) is 24.6. The predicted octanol–water partition coefficient (Wildman–Crippen LogP) is 7.11. The Kier molecular flexibility index (Phi) is 7.28. The molecule has 3 rings (SSSR count). The summed E-state index contributed by atoms with van der Waals surface area (Å²) in [5, 5.41) is 1.31. The molecular weight excluding hydrogens is 426 g/mol. The zero-order valence-corrected chi connectivity index (χ0v) is 23.5. The number of hydrogen-bond donors (Lipinski definition) is 0. The van der Waals surface area contributed by atoms with E-state index in [4.69, 9.17) is 4.74 Å². The Labute approximate surface area is 202 Å². The van der Waals surface area contributed by atoms with Gasteiger partial charge >= 0.3 is 6.09 Å². The van der Waals surface area contributed by atoms with Crippen LogP contribution in [0.4, 0.5) is 10.5 Å². The van der Waals surface area contributed by atoms with Gasteiger partial charge in [0.05, 0.1) is 0 Å². The van der Waals surface area contributed by atoms with E-state index in [0.717, 1.165) is 6.54 Å². The first-order chi connectivity index (χ1) is 15.3. The first-order valence-electron chi connectivity index (χ1n) is 12.6. The Morgan fingerprint density at radius 1 is 1.00 bits per heavy atom. The molecule has 1 aliphatic heterocycles. The van der Waals surface area contributed by atoms with Gasteiger partial charge in [-0.05, 0) is 74.8 Å². The number of anilines is 1. The topological polar surface area (TPSA) is 37.7 Å². The Morgan fingerprint density at radius 3 is 2.12 bits per heavy atom. The monoisotopic (exact) mass is 471 g/mol. The Bertz CT molecular complexity index is 952. The van der Waals surface area contributed by atoms with Gasteiger partial charge in [-0.3, -0.25) is 0 Å². The van der Waals surface area contributed by atoms with Gasteiger partial charge in [-0.25, -0.2) is 4.79 Å². The average Bonchev–Trinajstić information content (AvgIpc) is 3.09. The summed E-state index contributed by atoms with van der Waals surface area (Å²) in [5.74, 6) is 0. The molecule has 2 aromatic rings. The number of hydrogen-bond acceptors (Lipinski definition) is 3. The summed E-state index contributed by atoms with van der Waals surface area (Å²) in [6, 6.07) is 9.48. The molecule has 0 radical (unpaired) electrons. The number of amides is 1. The highest BCUT2D eigenvalue weighted by molar-refractivity contribution is 6.82. The molecule has 1 saturated heterocycles. The average molecular weight is 472 g/mol. The summed E-state index contributed by atoms with van der Waals surface area (Å²) < 4.78 is 8.26. The van der Waals surface area contributed by atoms with Crippen LogP contribution in [0, 0.1) is 0 Å². The van der Waals surface area contributed by atoms with Crippen LogP contribution >= 0.6 is 0 Å². The van der Waals surface area contributed by atoms with E-state index in [2.05, 4.69) is 88.1 Å². The van der Waals surface area contributed by atoms with Crippen molar-refractivity contribution in [2.24, 2.45) is 0 Å². The summed E-state index contributed by atoms with van der Waals surface area (Å²) in [4.78, 5) is 16.8. The first-order valence-corrected chi connectivity index (χ1v) is 14.8. The second kappa shape index (κ2) is 9.36. The molecule has 1 aromatic carbocycles. The van der Waals surface area contributed by atoms with E-state index in [-0.39, 0.29) is 12.1 Å². The van der Waals surface area contributed by atoms with Crippen LogP contribution in [-0.2, 0) is 4.74 Å². The molecule has 1 aliphatic rings. The van der Waals surface area contributed by atoms with Crippen molar-refractivity contribution < 1.29 is 9.53 Å². The van der Waals surface area contributed by atoms with Crippen molar-refractivity contribution in [1.82, 2.24) is 9.13 Å². The molecule has 2 heterocycles. The zero-order valence-electron chi connectivity index (χ0n) is 22.5. The van der Waals surface area contributed by atoms with Crippen molar-refractivity contribution in [3.05, 3.63) is 30.5 Å². The van der Waals surface area contributed by atoms with Gasteiger partial charge < -0.3 is 18.8 Å². The van der Waals surface area contributed by atoms with Crippen LogP contribution in [0.15, 0.2) is 30.5 Å². The number of benzene rings is 1. The molecule has 0 spiro atoms. The minimum atomic E-state index is -1.78. The largest absolute Gasteiger partial charge is 0.444 e. The maximum atomic E-state index is 12.5. The number of piperazine rings is 1. The normalized spacial score (nSPS) is 18.2. The fourth-order valence-corrected chi connectivity index (χ4v) is 12.9. The molecule has 5 nitrogen and oxygen atoms in total. The highest BCUT2D eigenvalue weighted by Crippen LogP contribution is 2.44. The van der Waals surface area contributed by atoms with E-state index in [9.17, 15) is 4.79 Å². The summed E-state index contributed by atoms with van der Waals surface area (Å²) in [7, 11) is -1.78. The molecular formula is C27H45N3O2Si. The Morgan fingerprint density at radius 2 is 1.61 bits per heavy atom. The van der Waals surface area contributed by atoms with Gasteiger partial charge in [0.2, 0.25) is 0 Å². The number of ether oxygens (including phenoxy) is 1. The Balaban J connectivity index is 1.87. The second-order valence-electron chi connectivity index (χ2n) is 11.7. The molecule has 0 saturated carbocycles. The fourth-order valence-electron chi connectivity index (χ4n) is 6.31. The summed E-state index contributed by atoms with van der Waals surface area (Å²) >= 11 is 0. The van der Waals surface area contributed by atoms with Crippen molar-refractivity contribution in [2.75, 3.05) is 24.5 Å². The maximum absolute atomic E-state index is 12.5. The lowest BCUT2D eigenvalue weighted by atomic mass is 10.1. The molecule has 1 fully saturated rings. The van der Waals surface area contributed by atoms with Gasteiger partial charge in [0.1, 0.15) is 5.60 Å². The zero-order chi connectivity index (χ0) is 24.7. The van der Waals surface area contributed by atoms with Crippen molar-refractivity contribution >= 4 is 30.9 Å². The molecule has 33 heavy (non-hydrogen) atoms. The molecule has 1 atom stereocenters. The van der Waals surface area contributed by atoms with Crippen LogP contribution in [-0.4, -0.2) is 54.7 Å². The smallest absolute Gasteiger partial charge is 0.410 e. The van der Waals surface area contributed by atoms with E-state index in [1.807, 2.05) is 25.7 Å². The lowest BCUT2D eigenvalue weighted by molar-refractivity contribution is 0.0219. The number of carbonyl (C=O) groups is 1. The fraction of sp³-hybridized carbons (Fsp3) is 0.667. The van der Waals surface area contributed by atoms with Crippen LogP contribution in [0.1, 0.15) is 69.2 Å². The summed E-state index contributed by atoms with van der Waals surface area (Å²) in [6.07, 6.45) is 2.14. The van der Waals surface area contributed by atoms with Crippen molar-refractivity contribution in [2.45, 2.75) is 97.5 Å².